The van der Waals surface area contributed by atoms with Crippen molar-refractivity contribution in [2.75, 3.05) is 13.2 Å². The van der Waals surface area contributed by atoms with Crippen molar-refractivity contribution in [3.05, 3.63) is 53.4 Å². The van der Waals surface area contributed by atoms with Crippen LogP contribution in [0.25, 0.3) is 0 Å². The molecule has 6 atom stereocenters. The Morgan fingerprint density at radius 3 is 1.27 bits per heavy atom. The van der Waals surface area contributed by atoms with Crippen molar-refractivity contribution < 1.29 is 38.1 Å². The largest absolute Gasteiger partial charge is 0.462 e. The maximum Gasteiger partial charge on any atom is 0.423 e. The number of benzene rings is 2. The first kappa shape index (κ1) is 38.9. The Balaban J connectivity index is 1.49. The molecular weight excluding hydrogens is 749 g/mol. The second-order valence-corrected chi connectivity index (χ2v) is 14.9. The topological polar surface area (TPSA) is 105 Å². The predicted molar refractivity (Wildman–Crippen MR) is 186 cm³/mol. The average molecular weight is 785 g/mol. The van der Waals surface area contributed by atoms with Gasteiger partial charge in [-0.25, -0.2) is 19.2 Å². The normalized spacial score (nSPS) is 23.0. The van der Waals surface area contributed by atoms with Gasteiger partial charge in [0.25, 0.3) is 0 Å². The molecule has 48 heavy (non-hydrogen) atoms. The Morgan fingerprint density at radius 2 is 0.958 bits per heavy atom. The highest BCUT2D eigenvalue weighted by Gasteiger charge is 2.39. The lowest BCUT2D eigenvalue weighted by Gasteiger charge is -2.42. The third kappa shape index (κ3) is 8.50. The Kier molecular flexibility index (Phi) is 13.6. The first-order chi connectivity index (χ1) is 22.7. The first-order valence-corrected chi connectivity index (χ1v) is 18.1. The van der Waals surface area contributed by atoms with Gasteiger partial charge in [0.1, 0.15) is 11.1 Å². The van der Waals surface area contributed by atoms with Crippen molar-refractivity contribution in [3.63, 3.8) is 0 Å². The van der Waals surface area contributed by atoms with Gasteiger partial charge in [-0.2, -0.15) is 0 Å². The highest BCUT2D eigenvalue weighted by atomic mass is 35.5. The van der Waals surface area contributed by atoms with Gasteiger partial charge in [-0.1, -0.05) is 123 Å². The number of esters is 4. The number of hydrogen-bond donors (Lipinski definition) is 0. The summed E-state index contributed by atoms with van der Waals surface area (Å²) in [6, 6.07) is 2.27. The number of carbonyl (C=O) groups is 4. The fraction of sp³-hybridized carbons (Fsp3) is 0.529. The van der Waals surface area contributed by atoms with Crippen LogP contribution in [0.3, 0.4) is 0 Å². The van der Waals surface area contributed by atoms with Gasteiger partial charge in [-0.3, -0.25) is 0 Å². The van der Waals surface area contributed by atoms with E-state index in [1.165, 1.54) is 0 Å². The summed E-state index contributed by atoms with van der Waals surface area (Å²) >= 11 is 37.6. The zero-order chi connectivity index (χ0) is 35.4. The van der Waals surface area contributed by atoms with Crippen LogP contribution in [0.5, 0.6) is 11.5 Å². The van der Waals surface area contributed by atoms with Crippen molar-refractivity contribution >= 4 is 93.5 Å². The summed E-state index contributed by atoms with van der Waals surface area (Å²) in [5.74, 6) is -4.19. The summed E-state index contributed by atoms with van der Waals surface area (Å²) in [5.41, 5.74) is -0.897. The summed E-state index contributed by atoms with van der Waals surface area (Å²) in [5, 5.41) is -1.43. The van der Waals surface area contributed by atoms with E-state index in [-0.39, 0.29) is 55.2 Å². The van der Waals surface area contributed by atoms with Crippen LogP contribution in [0.1, 0.15) is 86.9 Å². The lowest BCUT2D eigenvalue weighted by Crippen LogP contribution is -2.38. The quantitative estimate of drug-likeness (QED) is 0.0907. The molecule has 0 radical (unpaired) electrons. The average Bonchev–Trinajstić information content (AvgIpc) is 3.04. The molecule has 2 aromatic rings. The minimum atomic E-state index is -1.63. The minimum Gasteiger partial charge on any atom is -0.462 e. The molecule has 2 aliphatic rings. The van der Waals surface area contributed by atoms with E-state index in [4.69, 9.17) is 88.6 Å². The summed E-state index contributed by atoms with van der Waals surface area (Å²) in [6.45, 7) is 8.65. The molecule has 0 heterocycles. The second-order valence-electron chi connectivity index (χ2n) is 12.5. The van der Waals surface area contributed by atoms with E-state index in [0.717, 1.165) is 50.7 Å². The van der Waals surface area contributed by atoms with Crippen LogP contribution in [-0.4, -0.2) is 37.1 Å². The molecule has 6 unspecified atom stereocenters. The van der Waals surface area contributed by atoms with Gasteiger partial charge in [0.15, 0.2) is 11.5 Å². The standard InChI is InChI=1S/C34H36Cl6O8/c1-5-7-17-9-19(15(17)3)13-45-31(41)25-27(39)21(35)11-23(37)29(25)47-33(43)34(44)48-30-24(38)12-22(36)28(40)26(30)32(42)46-14-20-10-18(8-6-2)16(20)4/h11-12,15-20H,5-10,13-14H2,1-4H3. The molecular formula is C34H36Cl6O8. The number of rotatable bonds is 12. The van der Waals surface area contributed by atoms with Gasteiger partial charge in [0, 0.05) is 0 Å². The molecule has 8 nitrogen and oxygen atoms in total. The van der Waals surface area contributed by atoms with Crippen molar-refractivity contribution in [1.29, 1.82) is 0 Å². The zero-order valence-electron chi connectivity index (χ0n) is 26.8. The summed E-state index contributed by atoms with van der Waals surface area (Å²) in [4.78, 5) is 52.5. The van der Waals surface area contributed by atoms with Crippen LogP contribution in [0.4, 0.5) is 0 Å². The summed E-state index contributed by atoms with van der Waals surface area (Å²) in [6.07, 6.45) is 6.13. The number of carbonyl (C=O) groups excluding carboxylic acids is 4. The van der Waals surface area contributed by atoms with E-state index in [1.54, 1.807) is 0 Å². The smallest absolute Gasteiger partial charge is 0.423 e. The van der Waals surface area contributed by atoms with Gasteiger partial charge >= 0.3 is 23.9 Å². The van der Waals surface area contributed by atoms with Crippen LogP contribution < -0.4 is 9.47 Å². The SMILES string of the molecule is CCCC1CC(COC(=O)c2c(Cl)c(Cl)cc(Cl)c2OC(=O)C(=O)Oc2c(Cl)cc(Cl)c(Cl)c2C(=O)OCC2CC(CCC)C2C)C1C. The third-order valence-corrected chi connectivity index (χ3v) is 11.7. The molecule has 0 saturated heterocycles. The van der Waals surface area contributed by atoms with Crippen molar-refractivity contribution in [2.24, 2.45) is 35.5 Å². The molecule has 0 N–H and O–H groups in total. The molecule has 262 valence electrons. The molecule has 2 aliphatic carbocycles. The molecule has 0 aromatic heterocycles. The maximum absolute atomic E-state index is 13.2. The van der Waals surface area contributed by atoms with Crippen LogP contribution >= 0.6 is 69.6 Å². The fourth-order valence-electron chi connectivity index (χ4n) is 6.46. The minimum absolute atomic E-state index is 0.101. The number of halogens is 6. The molecule has 4 rings (SSSR count). The first-order valence-electron chi connectivity index (χ1n) is 15.8. The Morgan fingerprint density at radius 1 is 0.604 bits per heavy atom. The van der Waals surface area contributed by atoms with Gasteiger partial charge in [-0.15, -0.1) is 0 Å². The van der Waals surface area contributed by atoms with Crippen LogP contribution in [0, 0.1) is 35.5 Å². The van der Waals surface area contributed by atoms with Crippen LogP contribution in [-0.2, 0) is 19.1 Å². The Labute approximate surface area is 309 Å². The molecule has 0 bridgehead atoms. The highest BCUT2D eigenvalue weighted by Crippen LogP contribution is 2.46. The van der Waals surface area contributed by atoms with E-state index < -0.39 is 46.5 Å². The third-order valence-electron chi connectivity index (χ3n) is 9.58. The Bertz CT molecular complexity index is 1460. The lowest BCUT2D eigenvalue weighted by atomic mass is 9.64. The maximum atomic E-state index is 13.2. The van der Waals surface area contributed by atoms with E-state index in [0.29, 0.717) is 23.7 Å². The zero-order valence-corrected chi connectivity index (χ0v) is 31.3. The van der Waals surface area contributed by atoms with Gasteiger partial charge in [0.2, 0.25) is 0 Å². The molecule has 0 aliphatic heterocycles. The molecule has 0 amide bonds. The van der Waals surface area contributed by atoms with Crippen molar-refractivity contribution in [2.45, 2.75) is 66.2 Å². The van der Waals surface area contributed by atoms with Crippen molar-refractivity contribution in [1.82, 2.24) is 0 Å². The van der Waals surface area contributed by atoms with Crippen LogP contribution in [0.15, 0.2) is 12.1 Å². The van der Waals surface area contributed by atoms with E-state index in [9.17, 15) is 19.2 Å². The lowest BCUT2D eigenvalue weighted by molar-refractivity contribution is -0.156. The number of hydrogen-bond acceptors (Lipinski definition) is 8. The van der Waals surface area contributed by atoms with Crippen LogP contribution in [0.2, 0.25) is 30.1 Å². The number of ether oxygens (including phenoxy) is 4. The molecule has 2 aromatic carbocycles. The molecule has 2 fully saturated rings. The Hall–Kier alpha value is -1.94. The van der Waals surface area contributed by atoms with E-state index in [1.807, 2.05) is 0 Å². The molecule has 14 heteroatoms. The molecule has 2 saturated carbocycles. The monoisotopic (exact) mass is 782 g/mol. The molecule has 0 spiro atoms. The van der Waals surface area contributed by atoms with Gasteiger partial charge < -0.3 is 18.9 Å². The summed E-state index contributed by atoms with van der Waals surface area (Å²) in [7, 11) is 0. The highest BCUT2D eigenvalue weighted by molar-refractivity contribution is 6.47. The van der Waals surface area contributed by atoms with E-state index >= 15 is 0 Å². The van der Waals surface area contributed by atoms with Gasteiger partial charge in [-0.05, 0) is 60.5 Å². The summed E-state index contributed by atoms with van der Waals surface area (Å²) < 4.78 is 21.5. The van der Waals surface area contributed by atoms with Gasteiger partial charge in [0.05, 0.1) is 43.3 Å². The fourth-order valence-corrected chi connectivity index (χ4v) is 7.90. The predicted octanol–water partition coefficient (Wildman–Crippen LogP) is 10.6. The van der Waals surface area contributed by atoms with E-state index in [2.05, 4.69) is 27.7 Å². The van der Waals surface area contributed by atoms with Crippen molar-refractivity contribution in [3.8, 4) is 11.5 Å². The second kappa shape index (κ2) is 16.8.